The van der Waals surface area contributed by atoms with Crippen molar-refractivity contribution < 1.29 is 8.42 Å². The van der Waals surface area contributed by atoms with Crippen molar-refractivity contribution in [3.8, 4) is 0 Å². The molecule has 0 spiro atoms. The van der Waals surface area contributed by atoms with Gasteiger partial charge in [0.2, 0.25) is 0 Å². The van der Waals surface area contributed by atoms with Gasteiger partial charge in [-0.25, -0.2) is 0 Å². The lowest BCUT2D eigenvalue weighted by molar-refractivity contribution is 0.273. The maximum Gasteiger partial charge on any atom is 0.301 e. The summed E-state index contributed by atoms with van der Waals surface area (Å²) in [5.41, 5.74) is 7.20. The number of rotatable bonds is 5. The molecule has 0 saturated carbocycles. The molecule has 6 nitrogen and oxygen atoms in total. The average molecular weight is 312 g/mol. The van der Waals surface area contributed by atoms with E-state index in [1.165, 1.54) is 4.31 Å². The lowest BCUT2D eigenvalue weighted by Crippen LogP contribution is -2.44. The van der Waals surface area contributed by atoms with Crippen LogP contribution in [0.3, 0.4) is 0 Å². The van der Waals surface area contributed by atoms with Gasteiger partial charge in [0.25, 0.3) is 0 Å². The fourth-order valence-electron chi connectivity index (χ4n) is 2.50. The minimum atomic E-state index is -3.51. The molecule has 2 rings (SSSR count). The van der Waals surface area contributed by atoms with Gasteiger partial charge in [-0.2, -0.15) is 12.7 Å². The summed E-state index contributed by atoms with van der Waals surface area (Å²) in [6.45, 7) is 1.58. The molecule has 1 aromatic carbocycles. The number of nitrogens with one attached hydrogen (secondary N) is 1. The first-order valence-corrected chi connectivity index (χ1v) is 8.61. The summed E-state index contributed by atoms with van der Waals surface area (Å²) in [5.74, 6) is 0.253. The molecule has 0 bridgehead atoms. The normalized spacial score (nSPS) is 20.2. The van der Waals surface area contributed by atoms with Gasteiger partial charge < -0.3 is 10.6 Å². The molecule has 0 aliphatic carbocycles. The second kappa shape index (κ2) is 6.64. The highest BCUT2D eigenvalue weighted by atomic mass is 32.2. The molecule has 1 unspecified atom stereocenters. The van der Waals surface area contributed by atoms with Gasteiger partial charge in [-0.1, -0.05) is 6.07 Å². The Balaban J connectivity index is 2.12. The van der Waals surface area contributed by atoms with Crippen molar-refractivity contribution in [2.45, 2.75) is 12.8 Å². The topological polar surface area (TPSA) is 78.7 Å². The van der Waals surface area contributed by atoms with Crippen LogP contribution in [-0.2, 0) is 10.2 Å². The third kappa shape index (κ3) is 4.09. The minimum absolute atomic E-state index is 0.253. The first kappa shape index (κ1) is 16.1. The van der Waals surface area contributed by atoms with E-state index in [1.807, 2.05) is 37.2 Å². The maximum absolute atomic E-state index is 12.5. The highest BCUT2D eigenvalue weighted by molar-refractivity contribution is 7.90. The Bertz CT molecular complexity index is 574. The standard InChI is InChI=1S/C14H24N4O2S/c1-17(2)14-7-3-6-13(9-14)16-21(19,20)18-8-4-5-12(10-15)11-18/h3,6-7,9,12,16H,4-5,8,10-11,15H2,1-2H3. The number of benzene rings is 1. The number of nitrogens with two attached hydrogens (primary N) is 1. The zero-order valence-electron chi connectivity index (χ0n) is 12.6. The zero-order chi connectivity index (χ0) is 15.5. The largest absolute Gasteiger partial charge is 0.378 e. The Labute approximate surface area is 127 Å². The number of piperidine rings is 1. The van der Waals surface area contributed by atoms with E-state index < -0.39 is 10.2 Å². The number of nitrogens with zero attached hydrogens (tertiary/aromatic N) is 2. The highest BCUT2D eigenvalue weighted by Crippen LogP contribution is 2.22. The van der Waals surface area contributed by atoms with Crippen LogP contribution in [0.4, 0.5) is 11.4 Å². The fourth-order valence-corrected chi connectivity index (χ4v) is 3.83. The Kier molecular flexibility index (Phi) is 5.08. The van der Waals surface area contributed by atoms with E-state index in [4.69, 9.17) is 5.73 Å². The van der Waals surface area contributed by atoms with Crippen LogP contribution < -0.4 is 15.4 Å². The molecule has 1 aliphatic rings. The summed E-state index contributed by atoms with van der Waals surface area (Å²) in [6.07, 6.45) is 1.86. The fraction of sp³-hybridized carbons (Fsp3) is 0.571. The maximum atomic E-state index is 12.5. The van der Waals surface area contributed by atoms with Crippen LogP contribution in [0.2, 0.25) is 0 Å². The summed E-state index contributed by atoms with van der Waals surface area (Å²) in [6, 6.07) is 7.35. The quantitative estimate of drug-likeness (QED) is 0.853. The molecule has 1 fully saturated rings. The van der Waals surface area contributed by atoms with Gasteiger partial charge in [0.1, 0.15) is 0 Å². The Morgan fingerprint density at radius 1 is 1.43 bits per heavy atom. The summed E-state index contributed by atoms with van der Waals surface area (Å²) < 4.78 is 29.1. The molecule has 21 heavy (non-hydrogen) atoms. The van der Waals surface area contributed by atoms with Gasteiger partial charge in [-0.3, -0.25) is 4.72 Å². The van der Waals surface area contributed by atoms with Crippen molar-refractivity contribution in [3.63, 3.8) is 0 Å². The SMILES string of the molecule is CN(C)c1cccc(NS(=O)(=O)N2CCCC(CN)C2)c1. The van der Waals surface area contributed by atoms with Crippen molar-refractivity contribution >= 4 is 21.6 Å². The molecule has 1 aromatic rings. The van der Waals surface area contributed by atoms with Crippen LogP contribution in [0.15, 0.2) is 24.3 Å². The van der Waals surface area contributed by atoms with Crippen LogP contribution in [-0.4, -0.2) is 46.5 Å². The number of hydrogen-bond donors (Lipinski definition) is 2. The molecule has 1 aliphatic heterocycles. The summed E-state index contributed by atoms with van der Waals surface area (Å²) in [5, 5.41) is 0. The highest BCUT2D eigenvalue weighted by Gasteiger charge is 2.28. The van der Waals surface area contributed by atoms with E-state index in [1.54, 1.807) is 6.07 Å². The predicted molar refractivity (Wildman–Crippen MR) is 86.7 cm³/mol. The van der Waals surface area contributed by atoms with Gasteiger partial charge in [0, 0.05) is 32.9 Å². The summed E-state index contributed by atoms with van der Waals surface area (Å²) >= 11 is 0. The van der Waals surface area contributed by atoms with Crippen LogP contribution >= 0.6 is 0 Å². The molecule has 0 amide bonds. The third-order valence-electron chi connectivity index (χ3n) is 3.76. The first-order chi connectivity index (χ1) is 9.92. The molecule has 0 aromatic heterocycles. The zero-order valence-corrected chi connectivity index (χ0v) is 13.4. The van der Waals surface area contributed by atoms with E-state index in [9.17, 15) is 8.42 Å². The molecule has 1 atom stereocenters. The van der Waals surface area contributed by atoms with Crippen molar-refractivity contribution in [2.75, 3.05) is 43.4 Å². The van der Waals surface area contributed by atoms with Crippen LogP contribution in [0.25, 0.3) is 0 Å². The van der Waals surface area contributed by atoms with Crippen molar-refractivity contribution in [3.05, 3.63) is 24.3 Å². The Hall–Kier alpha value is -1.31. The molecule has 0 radical (unpaired) electrons. The van der Waals surface area contributed by atoms with E-state index in [0.717, 1.165) is 18.5 Å². The van der Waals surface area contributed by atoms with Crippen molar-refractivity contribution in [1.29, 1.82) is 0 Å². The minimum Gasteiger partial charge on any atom is -0.378 e. The molecule has 3 N–H and O–H groups in total. The molecule has 118 valence electrons. The van der Waals surface area contributed by atoms with Crippen LogP contribution in [0.1, 0.15) is 12.8 Å². The van der Waals surface area contributed by atoms with Gasteiger partial charge in [0.05, 0.1) is 5.69 Å². The van der Waals surface area contributed by atoms with E-state index in [-0.39, 0.29) is 5.92 Å². The molecule has 1 heterocycles. The van der Waals surface area contributed by atoms with E-state index in [2.05, 4.69) is 4.72 Å². The lowest BCUT2D eigenvalue weighted by atomic mass is 10.0. The molecular formula is C14H24N4O2S. The van der Waals surface area contributed by atoms with Gasteiger partial charge >= 0.3 is 10.2 Å². The predicted octanol–water partition coefficient (Wildman–Crippen LogP) is 1.08. The van der Waals surface area contributed by atoms with Crippen molar-refractivity contribution in [1.82, 2.24) is 4.31 Å². The average Bonchev–Trinajstić information content (AvgIpc) is 2.47. The second-order valence-electron chi connectivity index (χ2n) is 5.65. The second-order valence-corrected chi connectivity index (χ2v) is 7.32. The van der Waals surface area contributed by atoms with E-state index >= 15 is 0 Å². The molecular weight excluding hydrogens is 288 g/mol. The Morgan fingerprint density at radius 2 is 2.19 bits per heavy atom. The smallest absolute Gasteiger partial charge is 0.301 e. The van der Waals surface area contributed by atoms with Crippen molar-refractivity contribution in [2.24, 2.45) is 11.7 Å². The number of hydrogen-bond acceptors (Lipinski definition) is 4. The van der Waals surface area contributed by atoms with E-state index in [0.29, 0.717) is 25.3 Å². The van der Waals surface area contributed by atoms with Gasteiger partial charge in [-0.15, -0.1) is 0 Å². The third-order valence-corrected chi connectivity index (χ3v) is 5.27. The van der Waals surface area contributed by atoms with Crippen LogP contribution in [0, 0.1) is 5.92 Å². The summed E-state index contributed by atoms with van der Waals surface area (Å²) in [7, 11) is 0.329. The summed E-state index contributed by atoms with van der Waals surface area (Å²) in [4.78, 5) is 1.93. The molecule has 7 heteroatoms. The first-order valence-electron chi connectivity index (χ1n) is 7.17. The monoisotopic (exact) mass is 312 g/mol. The molecule has 1 saturated heterocycles. The Morgan fingerprint density at radius 3 is 2.86 bits per heavy atom. The van der Waals surface area contributed by atoms with Gasteiger partial charge in [0.15, 0.2) is 0 Å². The van der Waals surface area contributed by atoms with Crippen LogP contribution in [0.5, 0.6) is 0 Å². The lowest BCUT2D eigenvalue weighted by Gasteiger charge is -2.31. The number of anilines is 2. The van der Waals surface area contributed by atoms with Gasteiger partial charge in [-0.05, 0) is 43.5 Å².